The van der Waals surface area contributed by atoms with Gasteiger partial charge in [-0.15, -0.1) is 0 Å². The number of rotatable bonds is 2. The minimum Gasteiger partial charge on any atom is -0.480 e. The molecule has 0 saturated carbocycles. The summed E-state index contributed by atoms with van der Waals surface area (Å²) in [5, 5.41) is 18.4. The van der Waals surface area contributed by atoms with Gasteiger partial charge in [0.05, 0.1) is 0 Å². The number of carboxylic acid groups (broad SMARTS) is 1. The van der Waals surface area contributed by atoms with Crippen LogP contribution in [0.5, 0.6) is 0 Å². The van der Waals surface area contributed by atoms with Crippen LogP contribution in [-0.2, 0) is 9.53 Å². The zero-order chi connectivity index (χ0) is 13.9. The normalized spacial score (nSPS) is 24.8. The number of nitrogens with zero attached hydrogens (tertiary/aromatic N) is 1. The average Bonchev–Trinajstić information content (AvgIpc) is 2.25. The SMILES string of the molecule is CC(C)(C)OC(=O)N1CCCC(CO)[C@H]1C(=O)O. The number of likely N-dealkylation sites (tertiary alicyclic amines) is 1. The number of hydrogen-bond acceptors (Lipinski definition) is 4. The fourth-order valence-corrected chi connectivity index (χ4v) is 2.13. The van der Waals surface area contributed by atoms with E-state index < -0.39 is 29.6 Å². The lowest BCUT2D eigenvalue weighted by atomic mass is 9.90. The molecule has 1 unspecified atom stereocenters. The second kappa shape index (κ2) is 5.56. The topological polar surface area (TPSA) is 87.1 Å². The van der Waals surface area contributed by atoms with Gasteiger partial charge in [0.2, 0.25) is 0 Å². The maximum atomic E-state index is 11.9. The van der Waals surface area contributed by atoms with Gasteiger partial charge in [-0.3, -0.25) is 4.90 Å². The molecule has 1 aliphatic heterocycles. The second-order valence-electron chi connectivity index (χ2n) is 5.54. The molecule has 0 bridgehead atoms. The number of piperidine rings is 1. The number of aliphatic hydroxyl groups is 1. The Morgan fingerprint density at radius 3 is 2.44 bits per heavy atom. The number of hydrogen-bond donors (Lipinski definition) is 2. The molecule has 2 N–H and O–H groups in total. The molecule has 104 valence electrons. The summed E-state index contributed by atoms with van der Waals surface area (Å²) in [6.45, 7) is 5.30. The summed E-state index contributed by atoms with van der Waals surface area (Å²) < 4.78 is 5.19. The van der Waals surface area contributed by atoms with E-state index in [4.69, 9.17) is 4.74 Å². The molecular weight excluding hydrogens is 238 g/mol. The van der Waals surface area contributed by atoms with Crippen LogP contribution in [0.1, 0.15) is 33.6 Å². The van der Waals surface area contributed by atoms with E-state index in [1.165, 1.54) is 4.90 Å². The van der Waals surface area contributed by atoms with Crippen LogP contribution < -0.4 is 0 Å². The van der Waals surface area contributed by atoms with Crippen molar-refractivity contribution in [1.82, 2.24) is 4.90 Å². The number of aliphatic hydroxyl groups excluding tert-OH is 1. The minimum absolute atomic E-state index is 0.240. The van der Waals surface area contributed by atoms with Gasteiger partial charge in [-0.25, -0.2) is 9.59 Å². The quantitative estimate of drug-likeness (QED) is 0.774. The summed E-state index contributed by atoms with van der Waals surface area (Å²) in [5.41, 5.74) is -0.660. The van der Waals surface area contributed by atoms with Crippen molar-refractivity contribution in [3.63, 3.8) is 0 Å². The third-order valence-electron chi connectivity index (χ3n) is 2.87. The lowest BCUT2D eigenvalue weighted by Gasteiger charge is -2.38. The van der Waals surface area contributed by atoms with E-state index in [0.717, 1.165) is 0 Å². The van der Waals surface area contributed by atoms with Crippen LogP contribution in [0.3, 0.4) is 0 Å². The summed E-state index contributed by atoms with van der Waals surface area (Å²) in [5.74, 6) is -1.52. The molecule has 1 saturated heterocycles. The van der Waals surface area contributed by atoms with E-state index in [1.807, 2.05) is 0 Å². The molecule has 0 aromatic heterocycles. The number of carboxylic acids is 1. The van der Waals surface area contributed by atoms with Crippen LogP contribution in [-0.4, -0.2) is 52.0 Å². The smallest absolute Gasteiger partial charge is 0.411 e. The lowest BCUT2D eigenvalue weighted by Crippen LogP contribution is -2.54. The van der Waals surface area contributed by atoms with Gasteiger partial charge in [-0.2, -0.15) is 0 Å². The van der Waals surface area contributed by atoms with Gasteiger partial charge in [0.15, 0.2) is 0 Å². The van der Waals surface area contributed by atoms with E-state index in [0.29, 0.717) is 19.4 Å². The molecule has 6 heteroatoms. The van der Waals surface area contributed by atoms with E-state index in [1.54, 1.807) is 20.8 Å². The Labute approximate surface area is 107 Å². The van der Waals surface area contributed by atoms with Crippen molar-refractivity contribution in [2.75, 3.05) is 13.2 Å². The zero-order valence-corrected chi connectivity index (χ0v) is 11.0. The number of amides is 1. The molecule has 0 aromatic carbocycles. The highest BCUT2D eigenvalue weighted by Gasteiger charge is 2.40. The molecule has 1 rings (SSSR count). The molecule has 18 heavy (non-hydrogen) atoms. The summed E-state index contributed by atoms with van der Waals surface area (Å²) >= 11 is 0. The Morgan fingerprint density at radius 2 is 2.00 bits per heavy atom. The van der Waals surface area contributed by atoms with Crippen molar-refractivity contribution in [1.29, 1.82) is 0 Å². The highest BCUT2D eigenvalue weighted by atomic mass is 16.6. The van der Waals surface area contributed by atoms with Gasteiger partial charge in [0.1, 0.15) is 11.6 Å². The third kappa shape index (κ3) is 3.60. The molecule has 1 aliphatic rings. The van der Waals surface area contributed by atoms with Crippen LogP contribution in [0.2, 0.25) is 0 Å². The van der Waals surface area contributed by atoms with Gasteiger partial charge in [-0.1, -0.05) is 0 Å². The molecule has 1 heterocycles. The monoisotopic (exact) mass is 259 g/mol. The van der Waals surface area contributed by atoms with Crippen molar-refractivity contribution < 1.29 is 24.5 Å². The Hall–Kier alpha value is -1.30. The number of ether oxygens (including phenoxy) is 1. The van der Waals surface area contributed by atoms with Crippen molar-refractivity contribution in [2.24, 2.45) is 5.92 Å². The van der Waals surface area contributed by atoms with E-state index in [-0.39, 0.29) is 6.61 Å². The molecule has 2 atom stereocenters. The largest absolute Gasteiger partial charge is 0.480 e. The zero-order valence-electron chi connectivity index (χ0n) is 11.0. The maximum absolute atomic E-state index is 11.9. The first kappa shape index (κ1) is 14.8. The minimum atomic E-state index is -1.10. The van der Waals surface area contributed by atoms with Crippen LogP contribution in [0.4, 0.5) is 4.79 Å². The van der Waals surface area contributed by atoms with Crippen molar-refractivity contribution in [2.45, 2.75) is 45.3 Å². The first-order valence-corrected chi connectivity index (χ1v) is 6.09. The average molecular weight is 259 g/mol. The first-order chi connectivity index (χ1) is 8.26. The van der Waals surface area contributed by atoms with Crippen molar-refractivity contribution in [3.8, 4) is 0 Å². The Bertz CT molecular complexity index is 323. The number of carbonyl (C=O) groups excluding carboxylic acids is 1. The summed E-state index contributed by atoms with van der Waals surface area (Å²) in [7, 11) is 0. The van der Waals surface area contributed by atoms with Gasteiger partial charge < -0.3 is 14.9 Å². The molecule has 0 spiro atoms. The van der Waals surface area contributed by atoms with Crippen LogP contribution in [0.25, 0.3) is 0 Å². The fourth-order valence-electron chi connectivity index (χ4n) is 2.13. The van der Waals surface area contributed by atoms with E-state index in [2.05, 4.69) is 0 Å². The Kier molecular flexibility index (Phi) is 4.56. The molecule has 0 aromatic rings. The van der Waals surface area contributed by atoms with Gasteiger partial charge in [-0.05, 0) is 33.6 Å². The standard InChI is InChI=1S/C12H21NO5/c1-12(2,3)18-11(17)13-6-4-5-8(7-14)9(13)10(15)16/h8-9,14H,4-7H2,1-3H3,(H,15,16)/t8?,9-/m0/s1. The molecule has 0 radical (unpaired) electrons. The highest BCUT2D eigenvalue weighted by Crippen LogP contribution is 2.25. The number of carbonyl (C=O) groups is 2. The van der Waals surface area contributed by atoms with Crippen molar-refractivity contribution in [3.05, 3.63) is 0 Å². The van der Waals surface area contributed by atoms with E-state index in [9.17, 15) is 19.8 Å². The van der Waals surface area contributed by atoms with Gasteiger partial charge in [0, 0.05) is 19.1 Å². The van der Waals surface area contributed by atoms with Crippen LogP contribution >= 0.6 is 0 Å². The lowest BCUT2D eigenvalue weighted by molar-refractivity contribution is -0.147. The first-order valence-electron chi connectivity index (χ1n) is 6.09. The Balaban J connectivity index is 2.83. The van der Waals surface area contributed by atoms with Crippen molar-refractivity contribution >= 4 is 12.1 Å². The fraction of sp³-hybridized carbons (Fsp3) is 0.833. The predicted molar refractivity (Wildman–Crippen MR) is 64.2 cm³/mol. The molecule has 1 amide bonds. The molecule has 6 nitrogen and oxygen atoms in total. The highest BCUT2D eigenvalue weighted by molar-refractivity contribution is 5.80. The third-order valence-corrected chi connectivity index (χ3v) is 2.87. The summed E-state index contributed by atoms with van der Waals surface area (Å²) in [4.78, 5) is 24.4. The molecule has 0 aliphatic carbocycles. The Morgan fingerprint density at radius 1 is 1.39 bits per heavy atom. The van der Waals surface area contributed by atoms with Gasteiger partial charge in [0.25, 0.3) is 0 Å². The number of aliphatic carboxylic acids is 1. The van der Waals surface area contributed by atoms with Gasteiger partial charge >= 0.3 is 12.1 Å². The maximum Gasteiger partial charge on any atom is 0.411 e. The summed E-state index contributed by atoms with van der Waals surface area (Å²) in [6.07, 6.45) is 0.647. The summed E-state index contributed by atoms with van der Waals surface area (Å²) in [6, 6.07) is -1.00. The van der Waals surface area contributed by atoms with E-state index >= 15 is 0 Å². The predicted octanol–water partition coefficient (Wildman–Crippen LogP) is 1.08. The molecular formula is C12H21NO5. The molecule has 1 fully saturated rings. The van der Waals surface area contributed by atoms with Crippen LogP contribution in [0.15, 0.2) is 0 Å². The van der Waals surface area contributed by atoms with Crippen LogP contribution in [0, 0.1) is 5.92 Å². The second-order valence-corrected chi connectivity index (χ2v) is 5.54.